The van der Waals surface area contributed by atoms with Crippen LogP contribution in [-0.2, 0) is 0 Å². The maximum atomic E-state index is 6.82. The van der Waals surface area contributed by atoms with Crippen molar-refractivity contribution in [2.24, 2.45) is 0 Å². The number of hydrogen-bond donors (Lipinski definition) is 0. The van der Waals surface area contributed by atoms with Gasteiger partial charge in [0.2, 0.25) is 0 Å². The van der Waals surface area contributed by atoms with Crippen molar-refractivity contribution in [3.8, 4) is 0 Å². The third-order valence-electron chi connectivity index (χ3n) is 1.20. The Morgan fingerprint density at radius 3 is 3.00 bits per heavy atom. The van der Waals surface area contributed by atoms with E-state index in [1.807, 2.05) is 12.1 Å². The molecule has 0 aliphatic heterocycles. The topological polar surface area (TPSA) is 0 Å². The van der Waals surface area contributed by atoms with Crippen LogP contribution in [0.3, 0.4) is 0 Å². The van der Waals surface area contributed by atoms with Crippen molar-refractivity contribution in [3.63, 3.8) is 0 Å². The Kier molecular flexibility index (Phi) is 2.95. The van der Waals surface area contributed by atoms with E-state index < -0.39 is 21.1 Å². The Labute approximate surface area is 73.6 Å². The second-order valence-electron chi connectivity index (χ2n) is 1.98. The van der Waals surface area contributed by atoms with Crippen molar-refractivity contribution in [1.82, 2.24) is 0 Å². The summed E-state index contributed by atoms with van der Waals surface area (Å²) in [6.07, 6.45) is 1.94. The first kappa shape index (κ1) is 6.47. The summed E-state index contributed by atoms with van der Waals surface area (Å²) < 4.78 is 9.46. The summed E-state index contributed by atoms with van der Waals surface area (Å²) in [6.45, 7) is 1.39. The molecule has 0 aliphatic carbocycles. The molecule has 0 aromatic heterocycles. The Morgan fingerprint density at radius 2 is 2.30 bits per heavy atom. The molecule has 1 aromatic rings. The summed E-state index contributed by atoms with van der Waals surface area (Å²) in [6, 6.07) is 10.6. The summed E-state index contributed by atoms with van der Waals surface area (Å²) in [5, 5.41) is 0. The summed E-state index contributed by atoms with van der Waals surface area (Å²) in [4.78, 5) is 0. The number of allylic oxidation sites excluding steroid dienone is 1. The van der Waals surface area contributed by atoms with Crippen LogP contribution in [0.25, 0.3) is 0 Å². The maximum absolute atomic E-state index is 6.82. The second-order valence-corrected chi connectivity index (χ2v) is 5.80. The van der Waals surface area contributed by atoms with Crippen LogP contribution in [0.5, 0.6) is 0 Å². The predicted molar refractivity (Wildman–Crippen MR) is 46.8 cm³/mol. The van der Waals surface area contributed by atoms with E-state index in [0.29, 0.717) is 0 Å². The van der Waals surface area contributed by atoms with Crippen molar-refractivity contribution in [1.29, 1.82) is 0 Å². The van der Waals surface area contributed by atoms with Crippen LogP contribution in [-0.4, -0.2) is 21.1 Å². The average Bonchev–Trinajstić information content (AvgIpc) is 2.07. The molecule has 0 amide bonds. The van der Waals surface area contributed by atoms with Gasteiger partial charge < -0.3 is 0 Å². The summed E-state index contributed by atoms with van der Waals surface area (Å²) >= 11 is -0.391. The van der Waals surface area contributed by atoms with Crippen LogP contribution in [0.1, 0.15) is 1.37 Å². The van der Waals surface area contributed by atoms with E-state index in [4.69, 9.17) is 1.37 Å². The van der Waals surface area contributed by atoms with Crippen molar-refractivity contribution >= 4 is 24.7 Å². The van der Waals surface area contributed by atoms with E-state index in [1.165, 1.54) is 10.1 Å². The van der Waals surface area contributed by atoms with Gasteiger partial charge in [-0.05, 0) is 0 Å². The Morgan fingerprint density at radius 1 is 1.50 bits per heavy atom. The van der Waals surface area contributed by atoms with Gasteiger partial charge in [0, 0.05) is 0 Å². The Hall–Kier alpha value is -0.241. The number of rotatable bonds is 3. The van der Waals surface area contributed by atoms with Gasteiger partial charge in [0.1, 0.15) is 0 Å². The summed E-state index contributed by atoms with van der Waals surface area (Å²) in [5.74, 6) is 0. The van der Waals surface area contributed by atoms with Gasteiger partial charge in [0.05, 0.1) is 0 Å². The van der Waals surface area contributed by atoms with Crippen molar-refractivity contribution in [3.05, 3.63) is 43.0 Å². The summed E-state index contributed by atoms with van der Waals surface area (Å²) in [5.41, 5.74) is 0. The molecular formula is C9H10Sn. The molecule has 0 atom stereocenters. The zero-order chi connectivity index (χ0) is 7.94. The van der Waals surface area contributed by atoms with E-state index in [1.54, 1.807) is 0 Å². The molecular weight excluding hydrogens is 227 g/mol. The minimum atomic E-state index is -0.391. The molecule has 2 radical (unpaired) electrons. The van der Waals surface area contributed by atoms with Crippen LogP contribution in [0, 0.1) is 0 Å². The minimum absolute atomic E-state index is 0.391. The van der Waals surface area contributed by atoms with E-state index in [9.17, 15) is 0 Å². The van der Waals surface area contributed by atoms with Gasteiger partial charge in [-0.1, -0.05) is 0 Å². The van der Waals surface area contributed by atoms with Crippen LogP contribution < -0.4 is 3.58 Å². The SMILES string of the molecule is [2H]C=C[CH2][Sn][c]1ccccc1. The van der Waals surface area contributed by atoms with Crippen LogP contribution in [0.15, 0.2) is 43.0 Å². The van der Waals surface area contributed by atoms with E-state index in [-0.39, 0.29) is 0 Å². The first-order valence-electron chi connectivity index (χ1n) is 3.83. The zero-order valence-electron chi connectivity index (χ0n) is 6.75. The van der Waals surface area contributed by atoms with Gasteiger partial charge in [-0.2, -0.15) is 0 Å². The molecule has 0 saturated carbocycles. The molecule has 0 heterocycles. The molecule has 0 nitrogen and oxygen atoms in total. The standard InChI is InChI=1S/C6H5.C3H5.Sn/c1-2-4-6-5-3-1;1-3-2;/h1-5H;3H,1-2H2;/i;1D;. The van der Waals surface area contributed by atoms with E-state index in [0.717, 1.165) is 4.44 Å². The monoisotopic (exact) mass is 239 g/mol. The van der Waals surface area contributed by atoms with Crippen LogP contribution >= 0.6 is 0 Å². The van der Waals surface area contributed by atoms with Crippen molar-refractivity contribution < 1.29 is 1.37 Å². The molecule has 0 unspecified atom stereocenters. The predicted octanol–water partition coefficient (Wildman–Crippen LogP) is 1.62. The zero-order valence-corrected chi connectivity index (χ0v) is 8.60. The Bertz CT molecular complexity index is 218. The third-order valence-corrected chi connectivity index (χ3v) is 4.57. The van der Waals surface area contributed by atoms with Gasteiger partial charge in [-0.3, -0.25) is 0 Å². The molecule has 0 fully saturated rings. The van der Waals surface area contributed by atoms with Crippen molar-refractivity contribution in [2.75, 3.05) is 0 Å². The van der Waals surface area contributed by atoms with Gasteiger partial charge in [0.25, 0.3) is 0 Å². The molecule has 0 bridgehead atoms. The second kappa shape index (κ2) is 4.56. The molecule has 0 spiro atoms. The fraction of sp³-hybridized carbons (Fsp3) is 0.111. The Balaban J connectivity index is 2.39. The van der Waals surface area contributed by atoms with E-state index >= 15 is 0 Å². The van der Waals surface area contributed by atoms with Crippen LogP contribution in [0.2, 0.25) is 4.44 Å². The molecule has 1 rings (SSSR count). The molecule has 50 valence electrons. The molecule has 1 aromatic carbocycles. The van der Waals surface area contributed by atoms with Gasteiger partial charge in [0.15, 0.2) is 0 Å². The normalized spacial score (nSPS) is 11.8. The fourth-order valence-electron chi connectivity index (χ4n) is 0.733. The first-order valence-corrected chi connectivity index (χ1v) is 6.70. The molecule has 1 heteroatoms. The molecule has 10 heavy (non-hydrogen) atoms. The molecule has 0 saturated heterocycles. The van der Waals surface area contributed by atoms with E-state index in [2.05, 4.69) is 24.3 Å². The summed E-state index contributed by atoms with van der Waals surface area (Å²) in [7, 11) is 0. The average molecular weight is 238 g/mol. The molecule has 0 N–H and O–H groups in total. The van der Waals surface area contributed by atoms with Gasteiger partial charge >= 0.3 is 73.5 Å². The number of benzene rings is 1. The fourth-order valence-corrected chi connectivity index (χ4v) is 2.96. The quantitative estimate of drug-likeness (QED) is 0.554. The third kappa shape index (κ3) is 2.56. The van der Waals surface area contributed by atoms with Gasteiger partial charge in [-0.25, -0.2) is 0 Å². The van der Waals surface area contributed by atoms with Crippen LogP contribution in [0.4, 0.5) is 0 Å². The number of hydrogen-bond acceptors (Lipinski definition) is 0. The van der Waals surface area contributed by atoms with Crippen molar-refractivity contribution in [2.45, 2.75) is 4.44 Å². The molecule has 0 aliphatic rings. The van der Waals surface area contributed by atoms with Gasteiger partial charge in [-0.15, -0.1) is 0 Å². The first-order chi connectivity index (χ1) is 5.43.